The molecule has 7 heteroatoms. The first-order chi connectivity index (χ1) is 12.0. The van der Waals surface area contributed by atoms with Gasteiger partial charge in [-0.3, -0.25) is 0 Å². The first kappa shape index (κ1) is 18.3. The fourth-order valence-corrected chi connectivity index (χ4v) is 3.93. The summed E-state index contributed by atoms with van der Waals surface area (Å²) in [6.45, 7) is 1.93. The van der Waals surface area contributed by atoms with Crippen molar-refractivity contribution in [3.63, 3.8) is 0 Å². The number of nitrogens with zero attached hydrogens (tertiary/aromatic N) is 2. The van der Waals surface area contributed by atoms with Gasteiger partial charge >= 0.3 is 0 Å². The number of hydrogen-bond acceptors (Lipinski definition) is 4. The lowest BCUT2D eigenvalue weighted by Crippen LogP contribution is -1.98. The number of anilines is 2. The number of thioether (sulfide) groups is 1. The van der Waals surface area contributed by atoms with Gasteiger partial charge in [0.2, 0.25) is 0 Å². The number of nitrogens with one attached hydrogen (secondary N) is 1. The Kier molecular flexibility index (Phi) is 6.07. The number of rotatable bonds is 5. The summed E-state index contributed by atoms with van der Waals surface area (Å²) in [4.78, 5) is 9.02. The summed E-state index contributed by atoms with van der Waals surface area (Å²) in [6, 6.07) is 14.8. The Bertz CT molecular complexity index is 865. The molecule has 128 valence electrons. The average molecular weight is 411 g/mol. The zero-order valence-corrected chi connectivity index (χ0v) is 16.3. The molecule has 0 saturated carbocycles. The van der Waals surface area contributed by atoms with Crippen LogP contribution in [0.1, 0.15) is 11.3 Å². The normalized spacial score (nSPS) is 10.7. The molecule has 0 spiro atoms. The lowest BCUT2D eigenvalue weighted by molar-refractivity contribution is 0.937. The lowest BCUT2D eigenvalue weighted by atomic mass is 10.2. The van der Waals surface area contributed by atoms with Crippen molar-refractivity contribution in [2.45, 2.75) is 17.8 Å². The van der Waals surface area contributed by atoms with Crippen LogP contribution in [0.3, 0.4) is 0 Å². The van der Waals surface area contributed by atoms with E-state index in [1.807, 2.05) is 55.5 Å². The topological polar surface area (TPSA) is 37.8 Å². The van der Waals surface area contributed by atoms with Crippen LogP contribution >= 0.6 is 46.6 Å². The molecule has 0 saturated heterocycles. The quantitative estimate of drug-likeness (QED) is 0.371. The number of halogens is 3. The Labute approximate surface area is 165 Å². The van der Waals surface area contributed by atoms with E-state index >= 15 is 0 Å². The Balaban J connectivity index is 1.76. The summed E-state index contributed by atoms with van der Waals surface area (Å²) in [5, 5.41) is 5.90. The van der Waals surface area contributed by atoms with Gasteiger partial charge in [0.15, 0.2) is 5.16 Å². The van der Waals surface area contributed by atoms with E-state index in [2.05, 4.69) is 15.3 Å². The molecule has 0 atom stereocenters. The predicted molar refractivity (Wildman–Crippen MR) is 108 cm³/mol. The van der Waals surface area contributed by atoms with Crippen molar-refractivity contribution in [1.29, 1.82) is 0 Å². The smallest absolute Gasteiger partial charge is 0.190 e. The van der Waals surface area contributed by atoms with Gasteiger partial charge in [-0.05, 0) is 48.9 Å². The van der Waals surface area contributed by atoms with E-state index in [1.165, 1.54) is 11.8 Å². The maximum atomic E-state index is 6.22. The molecule has 0 aliphatic rings. The molecule has 0 radical (unpaired) electrons. The lowest BCUT2D eigenvalue weighted by Gasteiger charge is -2.09. The molecule has 0 amide bonds. The second kappa shape index (κ2) is 8.28. The van der Waals surface area contributed by atoms with E-state index in [1.54, 1.807) is 0 Å². The van der Waals surface area contributed by atoms with Gasteiger partial charge in [-0.25, -0.2) is 9.97 Å². The van der Waals surface area contributed by atoms with E-state index in [4.69, 9.17) is 34.8 Å². The predicted octanol–water partition coefficient (Wildman–Crippen LogP) is 6.78. The Hall–Kier alpha value is -1.46. The summed E-state index contributed by atoms with van der Waals surface area (Å²) >= 11 is 19.8. The minimum atomic E-state index is 0.600. The highest BCUT2D eigenvalue weighted by Gasteiger charge is 2.09. The van der Waals surface area contributed by atoms with Gasteiger partial charge in [-0.1, -0.05) is 52.6 Å². The molecule has 0 aliphatic heterocycles. The fraction of sp³-hybridized carbons (Fsp3) is 0.111. The van der Waals surface area contributed by atoms with Gasteiger partial charge < -0.3 is 5.32 Å². The highest BCUT2D eigenvalue weighted by Crippen LogP contribution is 2.31. The summed E-state index contributed by atoms with van der Waals surface area (Å²) in [7, 11) is 0. The number of benzene rings is 2. The van der Waals surface area contributed by atoms with Crippen molar-refractivity contribution < 1.29 is 0 Å². The van der Waals surface area contributed by atoms with Crippen molar-refractivity contribution in [2.75, 3.05) is 5.32 Å². The Morgan fingerprint density at radius 3 is 2.32 bits per heavy atom. The first-order valence-corrected chi connectivity index (χ1v) is 9.57. The zero-order chi connectivity index (χ0) is 17.8. The molecule has 0 bridgehead atoms. The largest absolute Gasteiger partial charge is 0.340 e. The molecule has 3 nitrogen and oxygen atoms in total. The molecule has 25 heavy (non-hydrogen) atoms. The highest BCUT2D eigenvalue weighted by molar-refractivity contribution is 7.98. The molecule has 0 aliphatic carbocycles. The van der Waals surface area contributed by atoms with E-state index in [0.29, 0.717) is 26.0 Å². The van der Waals surface area contributed by atoms with Crippen molar-refractivity contribution in [3.05, 3.63) is 74.9 Å². The maximum absolute atomic E-state index is 6.22. The van der Waals surface area contributed by atoms with Gasteiger partial charge in [0, 0.05) is 38.3 Å². The van der Waals surface area contributed by atoms with Gasteiger partial charge in [0.1, 0.15) is 5.82 Å². The summed E-state index contributed by atoms with van der Waals surface area (Å²) < 4.78 is 0. The minimum absolute atomic E-state index is 0.600. The third-order valence-electron chi connectivity index (χ3n) is 3.36. The van der Waals surface area contributed by atoms with Crippen LogP contribution < -0.4 is 5.32 Å². The molecule has 0 unspecified atom stereocenters. The van der Waals surface area contributed by atoms with E-state index in [9.17, 15) is 0 Å². The van der Waals surface area contributed by atoms with Gasteiger partial charge in [-0.2, -0.15) is 0 Å². The van der Waals surface area contributed by atoms with Crippen molar-refractivity contribution in [2.24, 2.45) is 0 Å². The molecule has 3 aromatic rings. The van der Waals surface area contributed by atoms with Crippen LogP contribution in [0.5, 0.6) is 0 Å². The third kappa shape index (κ3) is 5.02. The number of aryl methyl sites for hydroxylation is 1. The van der Waals surface area contributed by atoms with Crippen molar-refractivity contribution in [3.8, 4) is 0 Å². The average Bonchev–Trinajstić information content (AvgIpc) is 2.56. The van der Waals surface area contributed by atoms with Crippen LogP contribution in [0, 0.1) is 6.92 Å². The van der Waals surface area contributed by atoms with E-state index < -0.39 is 0 Å². The van der Waals surface area contributed by atoms with Gasteiger partial charge in [-0.15, -0.1) is 0 Å². The summed E-state index contributed by atoms with van der Waals surface area (Å²) in [6.07, 6.45) is 0. The van der Waals surface area contributed by atoms with Gasteiger partial charge in [0.05, 0.1) is 0 Å². The molecular formula is C18H14Cl3N3S. The number of aromatic nitrogens is 2. The second-order valence-corrected chi connectivity index (χ2v) is 7.49. The summed E-state index contributed by atoms with van der Waals surface area (Å²) in [5.41, 5.74) is 2.67. The van der Waals surface area contributed by atoms with Crippen LogP contribution in [0.4, 0.5) is 11.5 Å². The van der Waals surface area contributed by atoms with Crippen molar-refractivity contribution >= 4 is 58.1 Å². The monoisotopic (exact) mass is 409 g/mol. The fourth-order valence-electron chi connectivity index (χ4n) is 2.16. The minimum Gasteiger partial charge on any atom is -0.340 e. The van der Waals surface area contributed by atoms with Crippen LogP contribution in [-0.4, -0.2) is 9.97 Å². The summed E-state index contributed by atoms with van der Waals surface area (Å²) in [5.74, 6) is 1.32. The molecule has 1 N–H and O–H groups in total. The molecule has 0 fully saturated rings. The van der Waals surface area contributed by atoms with Crippen LogP contribution in [0.15, 0.2) is 53.7 Å². The Morgan fingerprint density at radius 2 is 1.64 bits per heavy atom. The maximum Gasteiger partial charge on any atom is 0.190 e. The van der Waals surface area contributed by atoms with Gasteiger partial charge in [0.25, 0.3) is 0 Å². The first-order valence-electron chi connectivity index (χ1n) is 7.45. The third-order valence-corrected chi connectivity index (χ3v) is 5.19. The molecular weight excluding hydrogens is 397 g/mol. The van der Waals surface area contributed by atoms with Crippen LogP contribution in [0.2, 0.25) is 15.1 Å². The molecule has 3 rings (SSSR count). The number of hydrogen-bond donors (Lipinski definition) is 1. The van der Waals surface area contributed by atoms with E-state index in [-0.39, 0.29) is 0 Å². The molecule has 2 aromatic carbocycles. The second-order valence-electron chi connectivity index (χ2n) is 5.30. The zero-order valence-electron chi connectivity index (χ0n) is 13.3. The molecule has 1 heterocycles. The molecule has 1 aromatic heterocycles. The standard InChI is InChI=1S/C18H14Cl3N3S/c1-11-9-17(23-13-7-5-12(19)6-8-13)24-18(22-11)25-10-14-15(20)3-2-4-16(14)21/h2-9H,10H2,1H3,(H,22,23,24). The highest BCUT2D eigenvalue weighted by atomic mass is 35.5. The SMILES string of the molecule is Cc1cc(Nc2ccc(Cl)cc2)nc(SCc2c(Cl)cccc2Cl)n1. The van der Waals surface area contributed by atoms with E-state index in [0.717, 1.165) is 22.8 Å². The Morgan fingerprint density at radius 1 is 0.960 bits per heavy atom. The van der Waals surface area contributed by atoms with Crippen LogP contribution in [0.25, 0.3) is 0 Å². The van der Waals surface area contributed by atoms with Crippen molar-refractivity contribution in [1.82, 2.24) is 9.97 Å². The van der Waals surface area contributed by atoms with Crippen LogP contribution in [-0.2, 0) is 5.75 Å².